The number of hydrogen-bond acceptors (Lipinski definition) is 6. The van der Waals surface area contributed by atoms with Crippen LogP contribution in [0.25, 0.3) is 11.1 Å². The van der Waals surface area contributed by atoms with Crippen molar-refractivity contribution < 1.29 is 19.1 Å². The number of hydrogen-bond donors (Lipinski definition) is 0. The van der Waals surface area contributed by atoms with E-state index in [1.165, 1.54) is 25.7 Å². The van der Waals surface area contributed by atoms with Crippen molar-refractivity contribution >= 4 is 11.9 Å². The monoisotopic (exact) mass is 496 g/mol. The molecule has 2 rings (SSSR count). The molecular weight excluding hydrogens is 452 g/mol. The van der Waals surface area contributed by atoms with Gasteiger partial charge >= 0.3 is 11.9 Å². The number of esters is 2. The average Bonchev–Trinajstić information content (AvgIpc) is 2.87. The van der Waals surface area contributed by atoms with Crippen LogP contribution in [0.5, 0.6) is 0 Å². The second-order valence-electron chi connectivity index (χ2n) is 9.60. The van der Waals surface area contributed by atoms with E-state index < -0.39 is 0 Å². The predicted molar refractivity (Wildman–Crippen MR) is 146 cm³/mol. The number of rotatable bonds is 17. The number of likely N-dealkylation sites (N-methyl/N-ethyl adjacent to an activating group) is 2. The van der Waals surface area contributed by atoms with Gasteiger partial charge in [0.15, 0.2) is 0 Å². The van der Waals surface area contributed by atoms with E-state index in [9.17, 15) is 9.59 Å². The maximum Gasteiger partial charge on any atom is 0.320 e. The number of benzene rings is 2. The molecule has 0 fully saturated rings. The summed E-state index contributed by atoms with van der Waals surface area (Å²) in [6.07, 6.45) is 6.91. The molecule has 0 saturated heterocycles. The first kappa shape index (κ1) is 29.5. The standard InChI is InChI=1S/C30H44N2O4/c1-5-7-9-19-31(3)21-29(33)35-23-25-11-15-27(16-12-25)28-17-13-26(14-18-28)24-36-30(34)22-32(4)20-10-8-6-2/h11-18H,5-10,19-24H2,1-4H3. The SMILES string of the molecule is CCCCCN(C)CC(=O)OCc1ccc(-c2ccc(COC(=O)CN(C)CCCCC)cc2)cc1. The summed E-state index contributed by atoms with van der Waals surface area (Å²) in [6.45, 7) is 7.36. The zero-order valence-corrected chi connectivity index (χ0v) is 22.6. The van der Waals surface area contributed by atoms with Crippen LogP contribution in [-0.2, 0) is 32.3 Å². The molecule has 36 heavy (non-hydrogen) atoms. The number of carbonyl (C=O) groups excluding carboxylic acids is 2. The second-order valence-corrected chi connectivity index (χ2v) is 9.60. The summed E-state index contributed by atoms with van der Waals surface area (Å²) < 4.78 is 10.9. The zero-order valence-electron chi connectivity index (χ0n) is 22.6. The summed E-state index contributed by atoms with van der Waals surface area (Å²) in [5.41, 5.74) is 4.09. The Morgan fingerprint density at radius 1 is 0.611 bits per heavy atom. The van der Waals surface area contributed by atoms with E-state index in [-0.39, 0.29) is 25.2 Å². The summed E-state index contributed by atoms with van der Waals surface area (Å²) in [4.78, 5) is 28.2. The van der Waals surface area contributed by atoms with Gasteiger partial charge in [-0.2, -0.15) is 0 Å². The maximum absolute atomic E-state index is 12.1. The van der Waals surface area contributed by atoms with Crippen molar-refractivity contribution in [3.63, 3.8) is 0 Å². The van der Waals surface area contributed by atoms with Crippen LogP contribution < -0.4 is 0 Å². The Morgan fingerprint density at radius 3 is 1.31 bits per heavy atom. The first-order valence-corrected chi connectivity index (χ1v) is 13.3. The number of ether oxygens (including phenoxy) is 2. The van der Waals surface area contributed by atoms with Crippen molar-refractivity contribution in [3.8, 4) is 11.1 Å². The highest BCUT2D eigenvalue weighted by atomic mass is 16.5. The molecule has 0 unspecified atom stereocenters. The van der Waals surface area contributed by atoms with Crippen LogP contribution in [0.15, 0.2) is 48.5 Å². The molecule has 0 aliphatic rings. The first-order chi connectivity index (χ1) is 17.4. The summed E-state index contributed by atoms with van der Waals surface area (Å²) in [7, 11) is 3.91. The van der Waals surface area contributed by atoms with E-state index in [0.29, 0.717) is 13.1 Å². The van der Waals surface area contributed by atoms with E-state index >= 15 is 0 Å². The summed E-state index contributed by atoms with van der Waals surface area (Å²) >= 11 is 0. The summed E-state index contributed by atoms with van der Waals surface area (Å²) in [6, 6.07) is 16.1. The first-order valence-electron chi connectivity index (χ1n) is 13.3. The highest BCUT2D eigenvalue weighted by Gasteiger charge is 2.09. The number of unbranched alkanes of at least 4 members (excludes halogenated alkanes) is 4. The molecule has 2 aromatic rings. The van der Waals surface area contributed by atoms with E-state index in [1.807, 2.05) is 72.4 Å². The van der Waals surface area contributed by atoms with Gasteiger partial charge in [-0.3, -0.25) is 19.4 Å². The Kier molecular flexibility index (Phi) is 13.8. The van der Waals surface area contributed by atoms with Gasteiger partial charge in [0.2, 0.25) is 0 Å². The predicted octanol–water partition coefficient (Wildman–Crippen LogP) is 5.68. The average molecular weight is 497 g/mol. The highest BCUT2D eigenvalue weighted by molar-refractivity contribution is 5.72. The Balaban J connectivity index is 1.74. The molecule has 0 aliphatic carbocycles. The molecule has 0 heterocycles. The van der Waals surface area contributed by atoms with Crippen molar-refractivity contribution in [2.75, 3.05) is 40.3 Å². The van der Waals surface area contributed by atoms with Gasteiger partial charge < -0.3 is 9.47 Å². The normalized spacial score (nSPS) is 11.2. The van der Waals surface area contributed by atoms with Gasteiger partial charge in [0.05, 0.1) is 13.1 Å². The van der Waals surface area contributed by atoms with Crippen LogP contribution in [0.2, 0.25) is 0 Å². The molecule has 0 aliphatic heterocycles. The van der Waals surface area contributed by atoms with Gasteiger partial charge in [-0.1, -0.05) is 88.1 Å². The van der Waals surface area contributed by atoms with Gasteiger partial charge in [0.1, 0.15) is 13.2 Å². The Morgan fingerprint density at radius 2 is 0.972 bits per heavy atom. The van der Waals surface area contributed by atoms with Crippen molar-refractivity contribution in [2.24, 2.45) is 0 Å². The second kappa shape index (κ2) is 16.9. The van der Waals surface area contributed by atoms with Crippen LogP contribution in [0.1, 0.15) is 63.5 Å². The quantitative estimate of drug-likeness (QED) is 0.207. The van der Waals surface area contributed by atoms with Crippen LogP contribution in [0.4, 0.5) is 0 Å². The Hall–Kier alpha value is -2.70. The fourth-order valence-electron chi connectivity index (χ4n) is 3.87. The fraction of sp³-hybridized carbons (Fsp3) is 0.533. The third-order valence-corrected chi connectivity index (χ3v) is 6.13. The van der Waals surface area contributed by atoms with E-state index in [2.05, 4.69) is 13.8 Å². The molecule has 6 heteroatoms. The van der Waals surface area contributed by atoms with Gasteiger partial charge in [-0.05, 0) is 62.3 Å². The van der Waals surface area contributed by atoms with Crippen molar-refractivity contribution in [1.29, 1.82) is 0 Å². The zero-order chi connectivity index (χ0) is 26.2. The summed E-state index contributed by atoms with van der Waals surface area (Å²) in [5, 5.41) is 0. The highest BCUT2D eigenvalue weighted by Crippen LogP contribution is 2.21. The molecule has 2 aromatic carbocycles. The molecule has 0 bridgehead atoms. The van der Waals surface area contributed by atoms with Crippen LogP contribution in [-0.4, -0.2) is 62.0 Å². The molecule has 0 aromatic heterocycles. The lowest BCUT2D eigenvalue weighted by atomic mass is 10.0. The van der Waals surface area contributed by atoms with Gasteiger partial charge in [0.25, 0.3) is 0 Å². The van der Waals surface area contributed by atoms with Crippen LogP contribution in [0, 0.1) is 0 Å². The molecular formula is C30H44N2O4. The lowest BCUT2D eigenvalue weighted by Gasteiger charge is -2.15. The minimum Gasteiger partial charge on any atom is -0.460 e. The number of carbonyl (C=O) groups is 2. The largest absolute Gasteiger partial charge is 0.460 e. The third kappa shape index (κ3) is 11.8. The smallest absolute Gasteiger partial charge is 0.320 e. The molecule has 0 amide bonds. The minimum atomic E-state index is -0.197. The van der Waals surface area contributed by atoms with Crippen molar-refractivity contribution in [3.05, 3.63) is 59.7 Å². The van der Waals surface area contributed by atoms with E-state index in [1.54, 1.807) is 0 Å². The number of nitrogens with zero attached hydrogens (tertiary/aromatic N) is 2. The summed E-state index contributed by atoms with van der Waals surface area (Å²) in [5.74, 6) is -0.394. The van der Waals surface area contributed by atoms with Gasteiger partial charge in [-0.15, -0.1) is 0 Å². The van der Waals surface area contributed by atoms with Gasteiger partial charge in [-0.25, -0.2) is 0 Å². The molecule has 0 radical (unpaired) electrons. The topological polar surface area (TPSA) is 59.1 Å². The van der Waals surface area contributed by atoms with Gasteiger partial charge in [0, 0.05) is 0 Å². The molecule has 6 nitrogen and oxygen atoms in total. The van der Waals surface area contributed by atoms with Crippen molar-refractivity contribution in [1.82, 2.24) is 9.80 Å². The van der Waals surface area contributed by atoms with E-state index in [4.69, 9.17) is 9.47 Å². The Bertz CT molecular complexity index is 821. The lowest BCUT2D eigenvalue weighted by Crippen LogP contribution is -2.28. The molecule has 0 saturated carbocycles. The lowest BCUT2D eigenvalue weighted by molar-refractivity contribution is -0.146. The van der Waals surface area contributed by atoms with Crippen LogP contribution in [0.3, 0.4) is 0 Å². The minimum absolute atomic E-state index is 0.197. The molecule has 0 atom stereocenters. The van der Waals surface area contributed by atoms with Crippen molar-refractivity contribution in [2.45, 2.75) is 65.6 Å². The third-order valence-electron chi connectivity index (χ3n) is 6.13. The van der Waals surface area contributed by atoms with E-state index in [0.717, 1.165) is 48.2 Å². The van der Waals surface area contributed by atoms with Crippen LogP contribution >= 0.6 is 0 Å². The molecule has 0 spiro atoms. The Labute approximate surface area is 217 Å². The maximum atomic E-state index is 12.1. The molecule has 198 valence electrons. The fourth-order valence-corrected chi connectivity index (χ4v) is 3.87. The molecule has 0 N–H and O–H groups in total.